The van der Waals surface area contributed by atoms with Crippen LogP contribution in [0.4, 0.5) is 0 Å². The molecule has 0 aromatic carbocycles. The van der Waals surface area contributed by atoms with Crippen LogP contribution in [0.15, 0.2) is 17.3 Å². The molecule has 0 aliphatic rings. The monoisotopic (exact) mass is 136 g/mol. The molecule has 10 heavy (non-hydrogen) atoms. The largest absolute Gasteiger partial charge is 0.346 e. The number of nitrogens with zero attached hydrogens (tertiary/aromatic N) is 2. The first-order chi connectivity index (χ1) is 4.86. The van der Waals surface area contributed by atoms with Crippen LogP contribution < -0.4 is 5.69 Å². The van der Waals surface area contributed by atoms with Gasteiger partial charge in [-0.2, -0.15) is 4.98 Å². The molecule has 5 heteroatoms. The quantitative estimate of drug-likeness (QED) is 0.519. The molecule has 2 aromatic heterocycles. The van der Waals surface area contributed by atoms with Crippen molar-refractivity contribution in [2.75, 3.05) is 0 Å². The molecular formula is C5H4N4O. The summed E-state index contributed by atoms with van der Waals surface area (Å²) in [5, 5.41) is 0. The Bertz CT molecular complexity index is 401. The Morgan fingerprint density at radius 2 is 2.30 bits per heavy atom. The van der Waals surface area contributed by atoms with E-state index in [0.29, 0.717) is 5.65 Å². The first-order valence-corrected chi connectivity index (χ1v) is 2.75. The Hall–Kier alpha value is -1.65. The number of imidazole rings is 1. The summed E-state index contributed by atoms with van der Waals surface area (Å²) >= 11 is 0. The van der Waals surface area contributed by atoms with Gasteiger partial charge in [0.05, 0.1) is 12.5 Å². The van der Waals surface area contributed by atoms with Crippen LogP contribution in [0.1, 0.15) is 0 Å². The van der Waals surface area contributed by atoms with Crippen molar-refractivity contribution < 1.29 is 0 Å². The first-order valence-electron chi connectivity index (χ1n) is 2.75. The van der Waals surface area contributed by atoms with E-state index < -0.39 is 0 Å². The summed E-state index contributed by atoms with van der Waals surface area (Å²) in [4.78, 5) is 23.2. The minimum Gasteiger partial charge on any atom is -0.342 e. The van der Waals surface area contributed by atoms with Gasteiger partial charge in [0.25, 0.3) is 0 Å². The standard InChI is InChI=1S/C5H4N4O/c10-5-6-1-3-4(9-5)8-2-7-3/h1-2H,(H2,6,7,8,9,10). The van der Waals surface area contributed by atoms with Gasteiger partial charge in [-0.1, -0.05) is 0 Å². The van der Waals surface area contributed by atoms with Crippen molar-refractivity contribution >= 4 is 11.2 Å². The fourth-order valence-electron chi connectivity index (χ4n) is 0.759. The van der Waals surface area contributed by atoms with Crippen molar-refractivity contribution in [1.29, 1.82) is 0 Å². The second-order valence-electron chi connectivity index (χ2n) is 1.85. The average Bonchev–Trinajstić information content (AvgIpc) is 2.33. The molecule has 5 nitrogen and oxygen atoms in total. The van der Waals surface area contributed by atoms with E-state index in [-0.39, 0.29) is 5.69 Å². The molecule has 0 radical (unpaired) electrons. The number of hydrogen-bond donors (Lipinski definition) is 2. The van der Waals surface area contributed by atoms with Gasteiger partial charge in [-0.25, -0.2) is 9.78 Å². The molecule has 2 aromatic rings. The Morgan fingerprint density at radius 1 is 1.40 bits per heavy atom. The highest BCUT2D eigenvalue weighted by atomic mass is 16.1. The number of aromatic amines is 2. The SMILES string of the molecule is O=c1ncc2[nH]cnc2[nH]1. The average molecular weight is 136 g/mol. The van der Waals surface area contributed by atoms with Crippen molar-refractivity contribution in [2.45, 2.75) is 0 Å². The van der Waals surface area contributed by atoms with Crippen LogP contribution in [-0.4, -0.2) is 19.9 Å². The second-order valence-corrected chi connectivity index (χ2v) is 1.85. The predicted molar refractivity (Wildman–Crippen MR) is 34.5 cm³/mol. The highest BCUT2D eigenvalue weighted by Crippen LogP contribution is 1.97. The number of aromatic nitrogens is 4. The second kappa shape index (κ2) is 1.66. The van der Waals surface area contributed by atoms with Gasteiger partial charge in [-0.3, -0.25) is 4.98 Å². The summed E-state index contributed by atoms with van der Waals surface area (Å²) in [6.07, 6.45) is 2.95. The molecule has 0 bridgehead atoms. The molecule has 0 aliphatic carbocycles. The molecule has 2 rings (SSSR count). The maximum atomic E-state index is 10.6. The number of fused-ring (bicyclic) bond motifs is 1. The summed E-state index contributed by atoms with van der Waals surface area (Å²) in [6.45, 7) is 0. The van der Waals surface area contributed by atoms with Crippen LogP contribution in [0.2, 0.25) is 0 Å². The van der Waals surface area contributed by atoms with E-state index in [1.54, 1.807) is 0 Å². The first kappa shape index (κ1) is 5.16. The molecular weight excluding hydrogens is 132 g/mol. The van der Waals surface area contributed by atoms with Crippen LogP contribution in [0, 0.1) is 0 Å². The lowest BCUT2D eigenvalue weighted by molar-refractivity contribution is 1.10. The van der Waals surface area contributed by atoms with Crippen LogP contribution in [0.25, 0.3) is 11.2 Å². The van der Waals surface area contributed by atoms with Crippen molar-refractivity contribution in [3.8, 4) is 0 Å². The lowest BCUT2D eigenvalue weighted by atomic mass is 10.6. The molecule has 0 amide bonds. The number of rotatable bonds is 0. The fraction of sp³-hybridized carbons (Fsp3) is 0. The Kier molecular flexibility index (Phi) is 0.858. The van der Waals surface area contributed by atoms with E-state index in [1.165, 1.54) is 12.5 Å². The van der Waals surface area contributed by atoms with Gasteiger partial charge in [-0.05, 0) is 0 Å². The smallest absolute Gasteiger partial charge is 0.342 e. The number of hydrogen-bond acceptors (Lipinski definition) is 3. The van der Waals surface area contributed by atoms with Crippen molar-refractivity contribution in [1.82, 2.24) is 19.9 Å². The van der Waals surface area contributed by atoms with Gasteiger partial charge in [0, 0.05) is 0 Å². The minimum absolute atomic E-state index is 0.375. The molecule has 2 heterocycles. The highest BCUT2D eigenvalue weighted by molar-refractivity contribution is 5.67. The van der Waals surface area contributed by atoms with Gasteiger partial charge >= 0.3 is 5.69 Å². The van der Waals surface area contributed by atoms with Gasteiger partial charge < -0.3 is 4.98 Å². The van der Waals surface area contributed by atoms with Crippen LogP contribution >= 0.6 is 0 Å². The van der Waals surface area contributed by atoms with E-state index in [2.05, 4.69) is 19.9 Å². The molecule has 0 aliphatic heterocycles. The molecule has 0 atom stereocenters. The normalized spacial score (nSPS) is 10.4. The lowest BCUT2D eigenvalue weighted by Gasteiger charge is -1.82. The number of H-pyrrole nitrogens is 2. The third kappa shape index (κ3) is 0.604. The zero-order valence-corrected chi connectivity index (χ0v) is 4.96. The summed E-state index contributed by atoms with van der Waals surface area (Å²) in [5.74, 6) is 0. The maximum Gasteiger partial charge on any atom is 0.346 e. The molecule has 0 saturated heterocycles. The van der Waals surface area contributed by atoms with E-state index in [4.69, 9.17) is 0 Å². The van der Waals surface area contributed by atoms with Gasteiger partial charge in [0.1, 0.15) is 5.52 Å². The zero-order chi connectivity index (χ0) is 6.97. The van der Waals surface area contributed by atoms with Crippen molar-refractivity contribution in [3.05, 3.63) is 23.0 Å². The third-order valence-corrected chi connectivity index (χ3v) is 1.21. The van der Waals surface area contributed by atoms with E-state index in [1.807, 2.05) is 0 Å². The highest BCUT2D eigenvalue weighted by Gasteiger charge is 1.93. The molecule has 0 spiro atoms. The van der Waals surface area contributed by atoms with Crippen LogP contribution in [0.3, 0.4) is 0 Å². The van der Waals surface area contributed by atoms with Crippen molar-refractivity contribution in [2.24, 2.45) is 0 Å². The molecule has 0 unspecified atom stereocenters. The Morgan fingerprint density at radius 3 is 3.20 bits per heavy atom. The molecule has 50 valence electrons. The summed E-state index contributed by atoms with van der Waals surface area (Å²) in [7, 11) is 0. The molecule has 2 N–H and O–H groups in total. The van der Waals surface area contributed by atoms with E-state index in [0.717, 1.165) is 5.52 Å². The van der Waals surface area contributed by atoms with Gasteiger partial charge in [0.2, 0.25) is 0 Å². The van der Waals surface area contributed by atoms with Gasteiger partial charge in [-0.15, -0.1) is 0 Å². The maximum absolute atomic E-state index is 10.6. The summed E-state index contributed by atoms with van der Waals surface area (Å²) in [6, 6.07) is 0. The van der Waals surface area contributed by atoms with Gasteiger partial charge in [0.15, 0.2) is 5.65 Å². The minimum atomic E-state index is -0.375. The number of nitrogens with one attached hydrogen (secondary N) is 2. The third-order valence-electron chi connectivity index (χ3n) is 1.21. The summed E-state index contributed by atoms with van der Waals surface area (Å²) in [5.41, 5.74) is 0.902. The Balaban J connectivity index is 2.99. The van der Waals surface area contributed by atoms with Crippen LogP contribution in [0.5, 0.6) is 0 Å². The van der Waals surface area contributed by atoms with E-state index in [9.17, 15) is 4.79 Å². The van der Waals surface area contributed by atoms with E-state index >= 15 is 0 Å². The lowest BCUT2D eigenvalue weighted by Crippen LogP contribution is -2.08. The molecule has 0 fully saturated rings. The fourth-order valence-corrected chi connectivity index (χ4v) is 0.759. The van der Waals surface area contributed by atoms with Crippen LogP contribution in [-0.2, 0) is 0 Å². The zero-order valence-electron chi connectivity index (χ0n) is 4.96. The predicted octanol–water partition coefficient (Wildman–Crippen LogP) is -0.354. The summed E-state index contributed by atoms with van der Waals surface area (Å²) < 4.78 is 0. The topological polar surface area (TPSA) is 74.4 Å². The van der Waals surface area contributed by atoms with Crippen molar-refractivity contribution in [3.63, 3.8) is 0 Å². The Labute approximate surface area is 55.1 Å². The molecule has 0 saturated carbocycles.